The van der Waals surface area contributed by atoms with E-state index in [0.717, 1.165) is 0 Å². The average Bonchev–Trinajstić information content (AvgIpc) is 2.70. The topological polar surface area (TPSA) is 69.6 Å². The van der Waals surface area contributed by atoms with Crippen LogP contribution >= 0.6 is 0 Å². The highest BCUT2D eigenvalue weighted by molar-refractivity contribution is 6.07. The number of hydrogen-bond donors (Lipinski definition) is 1. The molecule has 2 aromatic rings. The lowest BCUT2D eigenvalue weighted by atomic mass is 10.1. The van der Waals surface area contributed by atoms with Gasteiger partial charge in [0.2, 0.25) is 5.91 Å². The molecule has 6 heteroatoms. The molecule has 0 saturated carbocycles. The Bertz CT molecular complexity index is 703. The summed E-state index contributed by atoms with van der Waals surface area (Å²) in [7, 11) is 1.56. The molecule has 0 atom stereocenters. The monoisotopic (exact) mass is 290 g/mol. The van der Waals surface area contributed by atoms with E-state index in [9.17, 15) is 9.59 Å². The second-order valence-electron chi connectivity index (χ2n) is 4.57. The van der Waals surface area contributed by atoms with Crippen LogP contribution in [0.3, 0.4) is 0 Å². The number of amides is 1. The number of ether oxygens (including phenoxy) is 2. The van der Waals surface area contributed by atoms with E-state index in [1.807, 2.05) is 0 Å². The minimum absolute atomic E-state index is 0.221. The lowest BCUT2D eigenvalue weighted by Crippen LogP contribution is -2.21. The van der Waals surface area contributed by atoms with Gasteiger partial charge in [-0.1, -0.05) is 0 Å². The Labute approximate surface area is 122 Å². The predicted octanol–water partition coefficient (Wildman–Crippen LogP) is 2.23. The summed E-state index contributed by atoms with van der Waals surface area (Å²) in [5, 5.41) is 0.680. The maximum Gasteiger partial charge on any atom is 0.340 e. The van der Waals surface area contributed by atoms with Crippen molar-refractivity contribution in [3.8, 4) is 5.75 Å². The summed E-state index contributed by atoms with van der Waals surface area (Å²) in [5.74, 6) is -0.00777. The third-order valence-electron chi connectivity index (χ3n) is 3.16. The molecule has 0 unspecified atom stereocenters. The Morgan fingerprint density at radius 1 is 1.33 bits per heavy atom. The van der Waals surface area contributed by atoms with Gasteiger partial charge < -0.3 is 9.47 Å². The molecule has 21 heavy (non-hydrogen) atoms. The fourth-order valence-electron chi connectivity index (χ4n) is 2.29. The Morgan fingerprint density at radius 3 is 2.62 bits per heavy atom. The van der Waals surface area contributed by atoms with Crippen molar-refractivity contribution < 1.29 is 19.1 Å². The number of methoxy groups -OCH3 is 1. The van der Waals surface area contributed by atoms with Gasteiger partial charge in [-0.15, -0.1) is 0 Å². The summed E-state index contributed by atoms with van der Waals surface area (Å²) in [6, 6.07) is 5.32. The molecular formula is C15H18N2O4. The molecule has 1 amide bonds. The van der Waals surface area contributed by atoms with Crippen LogP contribution in [-0.4, -0.2) is 30.3 Å². The van der Waals surface area contributed by atoms with Crippen LogP contribution in [0.5, 0.6) is 5.75 Å². The minimum Gasteiger partial charge on any atom is -0.497 e. The first-order valence-electron chi connectivity index (χ1n) is 6.63. The van der Waals surface area contributed by atoms with Gasteiger partial charge in [-0.2, -0.15) is 0 Å². The summed E-state index contributed by atoms with van der Waals surface area (Å²) in [6.45, 7) is 5.21. The molecule has 1 aromatic carbocycles. The van der Waals surface area contributed by atoms with Crippen molar-refractivity contribution in [2.75, 3.05) is 19.1 Å². The zero-order chi connectivity index (χ0) is 15.6. The quantitative estimate of drug-likeness (QED) is 0.877. The van der Waals surface area contributed by atoms with E-state index in [4.69, 9.17) is 9.47 Å². The molecular weight excluding hydrogens is 272 g/mol. The van der Waals surface area contributed by atoms with Gasteiger partial charge in [0.05, 0.1) is 30.5 Å². The normalized spacial score (nSPS) is 10.5. The molecule has 0 bridgehead atoms. The van der Waals surface area contributed by atoms with Crippen LogP contribution in [0.2, 0.25) is 0 Å². The average molecular weight is 290 g/mol. The van der Waals surface area contributed by atoms with Crippen molar-refractivity contribution in [3.63, 3.8) is 0 Å². The number of nitrogens with one attached hydrogen (secondary N) is 1. The van der Waals surface area contributed by atoms with Gasteiger partial charge in [0.25, 0.3) is 0 Å². The van der Waals surface area contributed by atoms with Crippen molar-refractivity contribution in [1.82, 2.24) is 4.68 Å². The molecule has 2 rings (SSSR count). The smallest absolute Gasteiger partial charge is 0.340 e. The summed E-state index contributed by atoms with van der Waals surface area (Å²) in [6.07, 6.45) is 0. The van der Waals surface area contributed by atoms with Crippen LogP contribution < -0.4 is 10.2 Å². The SMILES string of the molecule is CCOC(=O)c1c(C)n(NC(C)=O)c2ccc(OC)cc12. The van der Waals surface area contributed by atoms with Crippen molar-refractivity contribution in [2.45, 2.75) is 20.8 Å². The largest absolute Gasteiger partial charge is 0.497 e. The van der Waals surface area contributed by atoms with Crippen LogP contribution in [0.1, 0.15) is 29.9 Å². The van der Waals surface area contributed by atoms with Crippen LogP contribution in [0, 0.1) is 6.92 Å². The molecule has 0 saturated heterocycles. The van der Waals surface area contributed by atoms with Crippen molar-refractivity contribution >= 4 is 22.8 Å². The molecule has 0 aliphatic rings. The van der Waals surface area contributed by atoms with E-state index in [1.165, 1.54) is 6.92 Å². The van der Waals surface area contributed by atoms with Crippen LogP contribution in [0.4, 0.5) is 0 Å². The lowest BCUT2D eigenvalue weighted by Gasteiger charge is -2.08. The van der Waals surface area contributed by atoms with Crippen molar-refractivity contribution in [3.05, 3.63) is 29.5 Å². The number of nitrogens with zero attached hydrogens (tertiary/aromatic N) is 1. The molecule has 0 aliphatic carbocycles. The fraction of sp³-hybridized carbons (Fsp3) is 0.333. The van der Waals surface area contributed by atoms with Gasteiger partial charge in [0.15, 0.2) is 0 Å². The zero-order valence-electron chi connectivity index (χ0n) is 12.5. The number of carbonyl (C=O) groups excluding carboxylic acids is 2. The van der Waals surface area contributed by atoms with E-state index in [2.05, 4.69) is 5.43 Å². The third-order valence-corrected chi connectivity index (χ3v) is 3.16. The molecule has 6 nitrogen and oxygen atoms in total. The molecule has 0 fully saturated rings. The van der Waals surface area contributed by atoms with Gasteiger partial charge in [0.1, 0.15) is 5.75 Å². The number of carbonyl (C=O) groups is 2. The van der Waals surface area contributed by atoms with E-state index in [-0.39, 0.29) is 12.5 Å². The van der Waals surface area contributed by atoms with Gasteiger partial charge >= 0.3 is 5.97 Å². The van der Waals surface area contributed by atoms with Gasteiger partial charge in [-0.05, 0) is 32.0 Å². The number of benzene rings is 1. The molecule has 1 aromatic heterocycles. The van der Waals surface area contributed by atoms with Crippen LogP contribution in [0.25, 0.3) is 10.9 Å². The minimum atomic E-state index is -0.419. The molecule has 0 aliphatic heterocycles. The number of fused-ring (bicyclic) bond motifs is 1. The Hall–Kier alpha value is -2.50. The van der Waals surface area contributed by atoms with E-state index < -0.39 is 5.97 Å². The number of esters is 1. The lowest BCUT2D eigenvalue weighted by molar-refractivity contribution is -0.115. The second kappa shape index (κ2) is 5.87. The number of aromatic nitrogens is 1. The first kappa shape index (κ1) is 14.9. The standard InChI is InChI=1S/C15H18N2O4/c1-5-21-15(19)14-9(2)17(16-10(3)18)13-7-6-11(20-4)8-12(13)14/h6-8H,5H2,1-4H3,(H,16,18). The number of hydrogen-bond acceptors (Lipinski definition) is 4. The molecule has 1 heterocycles. The summed E-state index contributed by atoms with van der Waals surface area (Å²) in [4.78, 5) is 23.6. The van der Waals surface area contributed by atoms with E-state index in [0.29, 0.717) is 27.9 Å². The third kappa shape index (κ3) is 2.69. The Morgan fingerprint density at radius 2 is 2.05 bits per heavy atom. The van der Waals surface area contributed by atoms with Gasteiger partial charge in [-0.25, -0.2) is 4.79 Å². The van der Waals surface area contributed by atoms with Gasteiger partial charge in [-0.3, -0.25) is 14.9 Å². The van der Waals surface area contributed by atoms with Gasteiger partial charge in [0, 0.05) is 12.3 Å². The van der Waals surface area contributed by atoms with Crippen LogP contribution in [-0.2, 0) is 9.53 Å². The van der Waals surface area contributed by atoms with Crippen molar-refractivity contribution in [1.29, 1.82) is 0 Å². The first-order valence-corrected chi connectivity index (χ1v) is 6.63. The molecule has 1 N–H and O–H groups in total. The summed E-state index contributed by atoms with van der Waals surface area (Å²) < 4.78 is 11.9. The number of rotatable bonds is 4. The molecule has 112 valence electrons. The highest BCUT2D eigenvalue weighted by Crippen LogP contribution is 2.29. The first-order chi connectivity index (χ1) is 9.99. The second-order valence-corrected chi connectivity index (χ2v) is 4.57. The summed E-state index contributed by atoms with van der Waals surface area (Å²) in [5.41, 5.74) is 4.46. The molecule has 0 spiro atoms. The summed E-state index contributed by atoms with van der Waals surface area (Å²) >= 11 is 0. The van der Waals surface area contributed by atoms with Crippen LogP contribution in [0.15, 0.2) is 18.2 Å². The Kier molecular flexibility index (Phi) is 4.16. The highest BCUT2D eigenvalue weighted by atomic mass is 16.5. The zero-order valence-corrected chi connectivity index (χ0v) is 12.5. The van der Waals surface area contributed by atoms with Crippen molar-refractivity contribution in [2.24, 2.45) is 0 Å². The fourth-order valence-corrected chi connectivity index (χ4v) is 2.29. The van der Waals surface area contributed by atoms with E-state index in [1.54, 1.807) is 43.8 Å². The highest BCUT2D eigenvalue weighted by Gasteiger charge is 2.22. The maximum absolute atomic E-state index is 12.2. The maximum atomic E-state index is 12.2. The Balaban J connectivity index is 2.71. The van der Waals surface area contributed by atoms with E-state index >= 15 is 0 Å². The molecule has 0 radical (unpaired) electrons. The predicted molar refractivity (Wildman–Crippen MR) is 79.2 cm³/mol.